The third-order valence-electron chi connectivity index (χ3n) is 3.03. The molecule has 0 saturated heterocycles. The van der Waals surface area contributed by atoms with E-state index in [9.17, 15) is 9.59 Å². The van der Waals surface area contributed by atoms with Crippen LogP contribution >= 0.6 is 0 Å². The van der Waals surface area contributed by atoms with Gasteiger partial charge in [-0.05, 0) is 19.8 Å². The van der Waals surface area contributed by atoms with E-state index in [0.717, 1.165) is 19.4 Å². The largest absolute Gasteiger partial charge is 0.370 e. The number of carbonyl (C=O) groups is 1. The Bertz CT molecular complexity index is 495. The maximum atomic E-state index is 12.2. The van der Waals surface area contributed by atoms with Crippen LogP contribution in [0, 0.1) is 0 Å². The van der Waals surface area contributed by atoms with E-state index in [4.69, 9.17) is 0 Å². The normalized spacial score (nSPS) is 15.6. The fraction of sp³-hybridized carbons (Fsp3) is 0.545. The van der Waals surface area contributed by atoms with E-state index in [-0.39, 0.29) is 11.5 Å². The van der Waals surface area contributed by atoms with Crippen LogP contribution in [0.3, 0.4) is 0 Å². The lowest BCUT2D eigenvalue weighted by atomic mass is 10.1. The van der Waals surface area contributed by atoms with E-state index in [1.807, 2.05) is 0 Å². The second-order valence-corrected chi connectivity index (χ2v) is 4.10. The molecule has 1 atom stereocenters. The number of nitrogens with one attached hydrogen (secondary N) is 2. The van der Waals surface area contributed by atoms with Gasteiger partial charge in [0.15, 0.2) is 0 Å². The average molecular weight is 236 g/mol. The summed E-state index contributed by atoms with van der Waals surface area (Å²) in [5.41, 5.74) is 0.549. The van der Waals surface area contributed by atoms with Gasteiger partial charge >= 0.3 is 0 Å². The Labute approximate surface area is 99.1 Å². The molecule has 92 valence electrons. The zero-order chi connectivity index (χ0) is 12.4. The molecule has 1 aliphatic rings. The summed E-state index contributed by atoms with van der Waals surface area (Å²) in [6, 6.07) is -0.535. The van der Waals surface area contributed by atoms with E-state index < -0.39 is 6.04 Å². The van der Waals surface area contributed by atoms with Gasteiger partial charge in [0.25, 0.3) is 5.56 Å². The van der Waals surface area contributed by atoms with Gasteiger partial charge in [0.1, 0.15) is 18.2 Å². The van der Waals surface area contributed by atoms with Gasteiger partial charge in [-0.3, -0.25) is 14.2 Å². The lowest BCUT2D eigenvalue weighted by Gasteiger charge is -2.19. The first kappa shape index (κ1) is 11.6. The summed E-state index contributed by atoms with van der Waals surface area (Å²) in [6.07, 6.45) is 3.07. The highest BCUT2D eigenvalue weighted by molar-refractivity contribution is 5.79. The Kier molecular flexibility index (Phi) is 3.12. The van der Waals surface area contributed by atoms with Gasteiger partial charge in [-0.25, -0.2) is 4.98 Å². The molecule has 2 N–H and O–H groups in total. The second kappa shape index (κ2) is 4.57. The Hall–Kier alpha value is -1.85. The molecule has 0 unspecified atom stereocenters. The van der Waals surface area contributed by atoms with Gasteiger partial charge in [0.05, 0.1) is 5.56 Å². The number of anilines is 1. The lowest BCUT2D eigenvalue weighted by molar-refractivity contribution is -0.123. The van der Waals surface area contributed by atoms with Crippen molar-refractivity contribution in [3.8, 4) is 0 Å². The molecule has 17 heavy (non-hydrogen) atoms. The fourth-order valence-electron chi connectivity index (χ4n) is 1.97. The minimum absolute atomic E-state index is 0.127. The lowest BCUT2D eigenvalue weighted by Crippen LogP contribution is -2.36. The molecule has 1 aromatic heterocycles. The smallest absolute Gasteiger partial charge is 0.259 e. The van der Waals surface area contributed by atoms with E-state index >= 15 is 0 Å². The number of amides is 1. The van der Waals surface area contributed by atoms with Crippen LogP contribution in [-0.4, -0.2) is 29.1 Å². The van der Waals surface area contributed by atoms with E-state index in [1.54, 1.807) is 14.0 Å². The van der Waals surface area contributed by atoms with Crippen molar-refractivity contribution in [2.24, 2.45) is 0 Å². The molecule has 0 bridgehead atoms. The fourth-order valence-corrected chi connectivity index (χ4v) is 1.97. The second-order valence-electron chi connectivity index (χ2n) is 4.10. The van der Waals surface area contributed by atoms with Crippen molar-refractivity contribution in [1.82, 2.24) is 14.9 Å². The van der Waals surface area contributed by atoms with Crippen LogP contribution in [0.2, 0.25) is 0 Å². The quantitative estimate of drug-likeness (QED) is 0.752. The number of aromatic nitrogens is 2. The van der Waals surface area contributed by atoms with Crippen molar-refractivity contribution >= 4 is 11.7 Å². The molecule has 0 fully saturated rings. The van der Waals surface area contributed by atoms with Crippen LogP contribution in [0.1, 0.15) is 24.9 Å². The van der Waals surface area contributed by atoms with E-state index in [2.05, 4.69) is 15.6 Å². The summed E-state index contributed by atoms with van der Waals surface area (Å²) in [6.45, 7) is 2.53. The third-order valence-corrected chi connectivity index (χ3v) is 3.03. The third kappa shape index (κ3) is 2.02. The maximum absolute atomic E-state index is 12.2. The number of likely N-dealkylation sites (N-methyl/N-ethyl adjacent to an activating group) is 1. The summed E-state index contributed by atoms with van der Waals surface area (Å²) in [4.78, 5) is 27.9. The predicted molar refractivity (Wildman–Crippen MR) is 64.1 cm³/mol. The van der Waals surface area contributed by atoms with Gasteiger partial charge in [0, 0.05) is 13.6 Å². The highest BCUT2D eigenvalue weighted by atomic mass is 16.2. The summed E-state index contributed by atoms with van der Waals surface area (Å²) in [7, 11) is 1.55. The molecule has 6 nitrogen and oxygen atoms in total. The zero-order valence-corrected chi connectivity index (χ0v) is 9.99. The number of carbonyl (C=O) groups excluding carboxylic acids is 1. The molecule has 6 heteroatoms. The minimum atomic E-state index is -0.535. The number of hydrogen-bond acceptors (Lipinski definition) is 4. The van der Waals surface area contributed by atoms with Crippen molar-refractivity contribution in [1.29, 1.82) is 0 Å². The zero-order valence-electron chi connectivity index (χ0n) is 9.99. The first-order chi connectivity index (χ1) is 8.15. The monoisotopic (exact) mass is 236 g/mol. The van der Waals surface area contributed by atoms with Crippen LogP contribution in [0.5, 0.6) is 0 Å². The summed E-state index contributed by atoms with van der Waals surface area (Å²) < 4.78 is 1.38. The summed E-state index contributed by atoms with van der Waals surface area (Å²) in [5, 5.41) is 5.62. The topological polar surface area (TPSA) is 76.0 Å². The van der Waals surface area contributed by atoms with Gasteiger partial charge in [0.2, 0.25) is 5.91 Å². The van der Waals surface area contributed by atoms with Crippen molar-refractivity contribution in [3.05, 3.63) is 22.2 Å². The first-order valence-corrected chi connectivity index (χ1v) is 5.70. The predicted octanol–water partition coefficient (Wildman–Crippen LogP) is -0.0916. The number of nitrogens with zero attached hydrogens (tertiary/aromatic N) is 2. The molecule has 1 aromatic rings. The van der Waals surface area contributed by atoms with Crippen molar-refractivity contribution in [2.45, 2.75) is 25.8 Å². The molecule has 1 amide bonds. The van der Waals surface area contributed by atoms with Crippen LogP contribution in [0.25, 0.3) is 0 Å². The first-order valence-electron chi connectivity index (χ1n) is 5.70. The van der Waals surface area contributed by atoms with Gasteiger partial charge in [-0.15, -0.1) is 0 Å². The number of fused-ring (bicyclic) bond motifs is 1. The van der Waals surface area contributed by atoms with E-state index in [0.29, 0.717) is 11.4 Å². The molecule has 0 radical (unpaired) electrons. The molecule has 0 saturated carbocycles. The van der Waals surface area contributed by atoms with Crippen molar-refractivity contribution in [3.63, 3.8) is 0 Å². The molecule has 2 heterocycles. The Morgan fingerprint density at radius 2 is 2.41 bits per heavy atom. The van der Waals surface area contributed by atoms with Crippen LogP contribution in [0.15, 0.2) is 11.1 Å². The van der Waals surface area contributed by atoms with Gasteiger partial charge in [-0.1, -0.05) is 0 Å². The molecule has 0 aliphatic carbocycles. The molecule has 0 spiro atoms. The van der Waals surface area contributed by atoms with Crippen molar-refractivity contribution in [2.75, 3.05) is 18.9 Å². The highest BCUT2D eigenvalue weighted by Crippen LogP contribution is 2.15. The average Bonchev–Trinajstić information content (AvgIpc) is 2.38. The maximum Gasteiger partial charge on any atom is 0.259 e. The standard InChI is InChI=1S/C11H16N4O2/c1-7(10(16)12-2)15-6-14-9-8(11(15)17)4-3-5-13-9/h6-7,13H,3-5H2,1-2H3,(H,12,16)/t7-/m1/s1. The Balaban J connectivity index is 2.43. The number of rotatable bonds is 2. The van der Waals surface area contributed by atoms with Crippen molar-refractivity contribution < 1.29 is 4.79 Å². The number of hydrogen-bond donors (Lipinski definition) is 2. The Morgan fingerprint density at radius 1 is 1.65 bits per heavy atom. The van der Waals surface area contributed by atoms with Crippen LogP contribution in [-0.2, 0) is 11.2 Å². The van der Waals surface area contributed by atoms with Gasteiger partial charge in [-0.2, -0.15) is 0 Å². The van der Waals surface area contributed by atoms with E-state index in [1.165, 1.54) is 10.9 Å². The molecular weight excluding hydrogens is 220 g/mol. The molecule has 1 aliphatic heterocycles. The van der Waals surface area contributed by atoms with Gasteiger partial charge < -0.3 is 10.6 Å². The Morgan fingerprint density at radius 3 is 3.12 bits per heavy atom. The molecule has 0 aromatic carbocycles. The van der Waals surface area contributed by atoms with Crippen LogP contribution < -0.4 is 16.2 Å². The highest BCUT2D eigenvalue weighted by Gasteiger charge is 2.20. The molecule has 2 rings (SSSR count). The minimum Gasteiger partial charge on any atom is -0.370 e. The van der Waals surface area contributed by atoms with Crippen LogP contribution in [0.4, 0.5) is 5.82 Å². The summed E-state index contributed by atoms with van der Waals surface area (Å²) >= 11 is 0. The molecular formula is C11H16N4O2. The summed E-state index contributed by atoms with van der Waals surface area (Å²) in [5.74, 6) is 0.458. The SMILES string of the molecule is CNC(=O)[C@@H](C)n1cnc2c(c1=O)CCCN2.